The first-order valence-electron chi connectivity index (χ1n) is 12.8. The Bertz CT molecular complexity index is 1500. The van der Waals surface area contributed by atoms with Crippen molar-refractivity contribution >= 4 is 39.2 Å². The summed E-state index contributed by atoms with van der Waals surface area (Å²) in [6, 6.07) is 10.9. The third-order valence-corrected chi connectivity index (χ3v) is 7.53. The van der Waals surface area contributed by atoms with Gasteiger partial charge < -0.3 is 30.8 Å². The molecule has 1 amide bonds. The lowest BCUT2D eigenvalue weighted by Gasteiger charge is -2.45. The molecule has 192 valence electrons. The first-order valence-corrected chi connectivity index (χ1v) is 12.8. The van der Waals surface area contributed by atoms with Crippen LogP contribution in [-0.4, -0.2) is 64.5 Å². The van der Waals surface area contributed by atoms with Crippen molar-refractivity contribution in [2.24, 2.45) is 5.92 Å². The van der Waals surface area contributed by atoms with E-state index in [2.05, 4.69) is 35.8 Å². The van der Waals surface area contributed by atoms with Gasteiger partial charge in [-0.15, -0.1) is 0 Å². The molecule has 37 heavy (non-hydrogen) atoms. The minimum atomic E-state index is -0.435. The number of imidazole rings is 1. The number of hydrogen-bond acceptors (Lipinski definition) is 6. The summed E-state index contributed by atoms with van der Waals surface area (Å²) < 4.78 is 15.3. The number of rotatable bonds is 7. The van der Waals surface area contributed by atoms with E-state index in [9.17, 15) is 9.59 Å². The van der Waals surface area contributed by atoms with Gasteiger partial charge in [0.1, 0.15) is 17.2 Å². The Morgan fingerprint density at radius 1 is 1.14 bits per heavy atom. The number of piperidine rings is 3. The highest BCUT2D eigenvalue weighted by Gasteiger charge is 2.35. The van der Waals surface area contributed by atoms with Gasteiger partial charge in [0.15, 0.2) is 0 Å². The van der Waals surface area contributed by atoms with Crippen molar-refractivity contribution in [3.8, 4) is 11.4 Å². The van der Waals surface area contributed by atoms with Crippen LogP contribution in [0.25, 0.3) is 33.3 Å². The van der Waals surface area contributed by atoms with Crippen LogP contribution in [0.4, 0.5) is 15.8 Å². The average molecular weight is 504 g/mol. The fraction of sp³-hybridized carbons (Fsp3) is 0.370. The van der Waals surface area contributed by atoms with Crippen LogP contribution in [-0.2, 0) is 4.79 Å². The molecule has 2 aromatic heterocycles. The largest absolute Gasteiger partial charge is 0.381 e. The molecule has 10 heteroatoms. The van der Waals surface area contributed by atoms with Crippen molar-refractivity contribution in [1.82, 2.24) is 25.2 Å². The first-order chi connectivity index (χ1) is 18.0. The van der Waals surface area contributed by atoms with Crippen molar-refractivity contribution in [3.63, 3.8) is 0 Å². The Kier molecular flexibility index (Phi) is 6.03. The van der Waals surface area contributed by atoms with Crippen molar-refractivity contribution in [2.75, 3.05) is 43.4 Å². The number of anilines is 2. The predicted molar refractivity (Wildman–Crippen MR) is 143 cm³/mol. The second kappa shape index (κ2) is 9.51. The first kappa shape index (κ1) is 23.5. The van der Waals surface area contributed by atoms with E-state index in [1.165, 1.54) is 13.0 Å². The lowest BCUT2D eigenvalue weighted by Crippen LogP contribution is -2.53. The Morgan fingerprint density at radius 2 is 1.95 bits per heavy atom. The van der Waals surface area contributed by atoms with Crippen LogP contribution in [0.2, 0.25) is 0 Å². The lowest BCUT2D eigenvalue weighted by molar-refractivity contribution is -0.118. The SMILES string of the molecule is CC(=O)NCCNc1cc2[nH]c(=O)c(-c3nc4ccccc4[nH]3)c(N[C@@H]3CN4CCC3CC4)c2cc1F. The second-order valence-corrected chi connectivity index (χ2v) is 9.98. The molecule has 0 unspecified atom stereocenters. The standard InChI is InChI=1S/C27H30FN7O2/c1-15(36)29-8-9-30-22-13-21-17(12-18(22)28)25(31-23-14-35-10-6-16(23)7-11-35)24(27(37)34-21)26-32-19-4-2-3-5-20(19)33-26/h2-5,12-13,16,23,30H,6-11,14H2,1H3,(H,29,36)(H,32,33)(H2,31,34,37)/t23-/m1/s1. The van der Waals surface area contributed by atoms with Gasteiger partial charge in [-0.25, -0.2) is 9.37 Å². The van der Waals surface area contributed by atoms with E-state index in [1.807, 2.05) is 24.3 Å². The van der Waals surface area contributed by atoms with Gasteiger partial charge in [-0.2, -0.15) is 0 Å². The van der Waals surface area contributed by atoms with Gasteiger partial charge in [0.25, 0.3) is 5.56 Å². The number of benzene rings is 2. The summed E-state index contributed by atoms with van der Waals surface area (Å²) in [6.07, 6.45) is 2.21. The topological polar surface area (TPSA) is 118 Å². The number of fused-ring (bicyclic) bond motifs is 5. The molecule has 3 aliphatic rings. The summed E-state index contributed by atoms with van der Waals surface area (Å²) in [5.41, 5.74) is 3.06. The maximum absolute atomic E-state index is 15.3. The zero-order chi connectivity index (χ0) is 25.5. The highest BCUT2D eigenvalue weighted by Crippen LogP contribution is 2.37. The Morgan fingerprint density at radius 3 is 2.68 bits per heavy atom. The molecule has 5 N–H and O–H groups in total. The van der Waals surface area contributed by atoms with E-state index in [0.717, 1.165) is 43.5 Å². The van der Waals surface area contributed by atoms with E-state index >= 15 is 4.39 Å². The fourth-order valence-corrected chi connectivity index (χ4v) is 5.65. The molecule has 2 aromatic carbocycles. The minimum Gasteiger partial charge on any atom is -0.381 e. The fourth-order valence-electron chi connectivity index (χ4n) is 5.65. The Hall–Kier alpha value is -3.92. The van der Waals surface area contributed by atoms with Gasteiger partial charge in [0.05, 0.1) is 27.9 Å². The third-order valence-electron chi connectivity index (χ3n) is 7.53. The zero-order valence-electron chi connectivity index (χ0n) is 20.7. The summed E-state index contributed by atoms with van der Waals surface area (Å²) in [7, 11) is 0. The van der Waals surface area contributed by atoms with Crippen LogP contribution in [0.3, 0.4) is 0 Å². The molecule has 7 rings (SSSR count). The van der Waals surface area contributed by atoms with Gasteiger partial charge in [-0.1, -0.05) is 12.1 Å². The van der Waals surface area contributed by atoms with Crippen molar-refractivity contribution in [3.05, 3.63) is 52.6 Å². The normalized spacial score (nSPS) is 20.9. The third kappa shape index (κ3) is 4.53. The number of para-hydroxylation sites is 2. The summed E-state index contributed by atoms with van der Waals surface area (Å²) in [5.74, 6) is 0.370. The van der Waals surface area contributed by atoms with Gasteiger partial charge in [-0.3, -0.25) is 9.59 Å². The number of pyridine rings is 1. The maximum Gasteiger partial charge on any atom is 0.261 e. The minimum absolute atomic E-state index is 0.147. The summed E-state index contributed by atoms with van der Waals surface area (Å²) in [6.45, 7) is 5.23. The van der Waals surface area contributed by atoms with E-state index in [0.29, 0.717) is 47.0 Å². The molecule has 9 nitrogen and oxygen atoms in total. The number of amides is 1. The summed E-state index contributed by atoms with van der Waals surface area (Å²) in [4.78, 5) is 38.0. The highest BCUT2D eigenvalue weighted by molar-refractivity contribution is 6.00. The number of halogens is 1. The Labute approximate surface area is 212 Å². The molecule has 3 fully saturated rings. The van der Waals surface area contributed by atoms with Crippen molar-refractivity contribution in [2.45, 2.75) is 25.8 Å². The number of carbonyl (C=O) groups excluding carboxylic acids is 1. The number of aromatic nitrogens is 3. The van der Waals surface area contributed by atoms with Crippen LogP contribution < -0.4 is 21.5 Å². The number of H-pyrrole nitrogens is 2. The molecule has 2 bridgehead atoms. The van der Waals surface area contributed by atoms with E-state index in [-0.39, 0.29) is 23.2 Å². The molecule has 0 saturated carbocycles. The van der Waals surface area contributed by atoms with E-state index in [1.54, 1.807) is 6.07 Å². The van der Waals surface area contributed by atoms with Gasteiger partial charge >= 0.3 is 0 Å². The van der Waals surface area contributed by atoms with E-state index in [4.69, 9.17) is 0 Å². The smallest absolute Gasteiger partial charge is 0.261 e. The van der Waals surface area contributed by atoms with Crippen molar-refractivity contribution in [1.29, 1.82) is 0 Å². The van der Waals surface area contributed by atoms with Crippen LogP contribution >= 0.6 is 0 Å². The van der Waals surface area contributed by atoms with Crippen LogP contribution in [0.1, 0.15) is 19.8 Å². The molecule has 5 heterocycles. The molecule has 3 saturated heterocycles. The molecule has 3 aliphatic heterocycles. The molecular weight excluding hydrogens is 473 g/mol. The Balaban J connectivity index is 1.45. The van der Waals surface area contributed by atoms with E-state index < -0.39 is 5.82 Å². The van der Waals surface area contributed by atoms with Crippen molar-refractivity contribution < 1.29 is 9.18 Å². The second-order valence-electron chi connectivity index (χ2n) is 9.98. The van der Waals surface area contributed by atoms with Crippen LogP contribution in [0.5, 0.6) is 0 Å². The molecule has 4 aromatic rings. The van der Waals surface area contributed by atoms with Crippen LogP contribution in [0, 0.1) is 11.7 Å². The number of nitrogens with one attached hydrogen (secondary N) is 5. The summed E-state index contributed by atoms with van der Waals surface area (Å²) in [5, 5.41) is 9.95. The van der Waals surface area contributed by atoms with Gasteiger partial charge in [0.2, 0.25) is 5.91 Å². The van der Waals surface area contributed by atoms with Gasteiger partial charge in [-0.05, 0) is 56.1 Å². The number of aromatic amines is 2. The lowest BCUT2D eigenvalue weighted by atomic mass is 9.83. The molecule has 0 aliphatic carbocycles. The monoisotopic (exact) mass is 503 g/mol. The van der Waals surface area contributed by atoms with Crippen LogP contribution in [0.15, 0.2) is 41.2 Å². The van der Waals surface area contributed by atoms with Gasteiger partial charge in [0, 0.05) is 38.0 Å². The summed E-state index contributed by atoms with van der Waals surface area (Å²) >= 11 is 0. The molecule has 0 radical (unpaired) electrons. The number of carbonyl (C=O) groups is 1. The molecule has 0 spiro atoms. The quantitative estimate of drug-likeness (QED) is 0.247. The number of hydrogen-bond donors (Lipinski definition) is 5. The zero-order valence-corrected chi connectivity index (χ0v) is 20.7. The highest BCUT2D eigenvalue weighted by atomic mass is 19.1. The predicted octanol–water partition coefficient (Wildman–Crippen LogP) is 3.26. The average Bonchev–Trinajstić information content (AvgIpc) is 3.31. The number of nitrogens with zero attached hydrogens (tertiary/aromatic N) is 2. The maximum atomic E-state index is 15.3. The molecule has 1 atom stereocenters. The molecular formula is C27H30FN7O2.